The fourth-order valence-electron chi connectivity index (χ4n) is 2.13. The lowest BCUT2D eigenvalue weighted by Gasteiger charge is -2.29. The van der Waals surface area contributed by atoms with Crippen molar-refractivity contribution in [3.63, 3.8) is 0 Å². The third-order valence-electron chi connectivity index (χ3n) is 3.22. The average Bonchev–Trinajstić information content (AvgIpc) is 2.42. The van der Waals surface area contributed by atoms with Gasteiger partial charge in [-0.25, -0.2) is 0 Å². The van der Waals surface area contributed by atoms with Gasteiger partial charge in [-0.05, 0) is 19.3 Å². The Morgan fingerprint density at radius 3 is 2.67 bits per heavy atom. The van der Waals surface area contributed by atoms with E-state index in [2.05, 4.69) is 6.07 Å². The normalized spacial score (nSPS) is 15.7. The molecular weight excluding hydrogens is 230 g/mol. The summed E-state index contributed by atoms with van der Waals surface area (Å²) < 4.78 is 5.03. The van der Waals surface area contributed by atoms with Crippen molar-refractivity contribution in [1.82, 2.24) is 9.80 Å². The van der Waals surface area contributed by atoms with Gasteiger partial charge in [0.15, 0.2) is 0 Å². The molecule has 0 aromatic heterocycles. The van der Waals surface area contributed by atoms with Crippen LogP contribution in [0.2, 0.25) is 0 Å². The molecule has 0 atom stereocenters. The number of methoxy groups -OCH3 is 1. The van der Waals surface area contributed by atoms with E-state index in [4.69, 9.17) is 10.00 Å². The first kappa shape index (κ1) is 14.9. The Hall–Kier alpha value is -1.12. The van der Waals surface area contributed by atoms with Crippen LogP contribution in [0.25, 0.3) is 0 Å². The summed E-state index contributed by atoms with van der Waals surface area (Å²) >= 11 is 0. The largest absolute Gasteiger partial charge is 0.383 e. The molecular formula is C13H23N3O2. The highest BCUT2D eigenvalue weighted by Crippen LogP contribution is 2.09. The maximum atomic E-state index is 12.1. The zero-order chi connectivity index (χ0) is 13.2. The van der Waals surface area contributed by atoms with E-state index in [-0.39, 0.29) is 5.91 Å². The first-order valence-corrected chi connectivity index (χ1v) is 6.64. The Morgan fingerprint density at radius 1 is 1.33 bits per heavy atom. The number of hydrogen-bond acceptors (Lipinski definition) is 4. The van der Waals surface area contributed by atoms with Crippen LogP contribution in [0.4, 0.5) is 0 Å². The van der Waals surface area contributed by atoms with E-state index in [1.165, 1.54) is 6.42 Å². The molecule has 0 aliphatic carbocycles. The molecule has 1 fully saturated rings. The topological polar surface area (TPSA) is 56.6 Å². The van der Waals surface area contributed by atoms with Gasteiger partial charge in [0.05, 0.1) is 19.2 Å². The van der Waals surface area contributed by atoms with Gasteiger partial charge < -0.3 is 9.64 Å². The Kier molecular flexibility index (Phi) is 7.38. The van der Waals surface area contributed by atoms with Gasteiger partial charge in [-0.3, -0.25) is 9.69 Å². The number of rotatable bonds is 7. The molecule has 0 bridgehead atoms. The number of ether oxygens (including phenoxy) is 1. The lowest BCUT2D eigenvalue weighted by molar-refractivity contribution is -0.133. The number of piperidine rings is 1. The number of carbonyl (C=O) groups is 1. The fraction of sp³-hybridized carbons (Fsp3) is 0.846. The zero-order valence-corrected chi connectivity index (χ0v) is 11.2. The predicted molar refractivity (Wildman–Crippen MR) is 69.0 cm³/mol. The van der Waals surface area contributed by atoms with Crippen molar-refractivity contribution in [1.29, 1.82) is 5.26 Å². The van der Waals surface area contributed by atoms with Crippen molar-refractivity contribution in [2.45, 2.75) is 25.7 Å². The number of hydrogen-bond donors (Lipinski definition) is 0. The van der Waals surface area contributed by atoms with Gasteiger partial charge in [0.1, 0.15) is 0 Å². The van der Waals surface area contributed by atoms with Gasteiger partial charge in [0.25, 0.3) is 0 Å². The second-order valence-electron chi connectivity index (χ2n) is 4.62. The average molecular weight is 253 g/mol. The van der Waals surface area contributed by atoms with Gasteiger partial charge >= 0.3 is 0 Å². The minimum absolute atomic E-state index is 0.184. The van der Waals surface area contributed by atoms with Crippen molar-refractivity contribution in [3.8, 4) is 6.07 Å². The molecule has 18 heavy (non-hydrogen) atoms. The molecule has 1 aliphatic rings. The molecule has 0 aromatic carbocycles. The quantitative estimate of drug-likeness (QED) is 0.675. The minimum atomic E-state index is 0.184. The molecule has 0 aromatic rings. The maximum absolute atomic E-state index is 12.1. The van der Waals surface area contributed by atoms with E-state index < -0.39 is 0 Å². The fourth-order valence-corrected chi connectivity index (χ4v) is 2.13. The van der Waals surface area contributed by atoms with Crippen LogP contribution < -0.4 is 0 Å². The van der Waals surface area contributed by atoms with Crippen LogP contribution in [0.1, 0.15) is 25.7 Å². The number of carbonyl (C=O) groups excluding carboxylic acids is 1. The van der Waals surface area contributed by atoms with Crippen molar-refractivity contribution in [2.24, 2.45) is 0 Å². The Balaban J connectivity index is 2.37. The van der Waals surface area contributed by atoms with Crippen LogP contribution in [0.15, 0.2) is 0 Å². The van der Waals surface area contributed by atoms with Crippen molar-refractivity contribution >= 4 is 5.91 Å². The van der Waals surface area contributed by atoms with E-state index in [0.29, 0.717) is 32.7 Å². The Labute approximate surface area is 109 Å². The zero-order valence-electron chi connectivity index (χ0n) is 11.2. The molecule has 102 valence electrons. The molecule has 1 rings (SSSR count). The van der Waals surface area contributed by atoms with Crippen LogP contribution >= 0.6 is 0 Å². The highest BCUT2D eigenvalue weighted by molar-refractivity contribution is 5.78. The number of nitrogens with zero attached hydrogens (tertiary/aromatic N) is 3. The minimum Gasteiger partial charge on any atom is -0.383 e. The predicted octanol–water partition coefficient (Wildman–Crippen LogP) is 0.861. The third kappa shape index (κ3) is 5.48. The lowest BCUT2D eigenvalue weighted by Crippen LogP contribution is -2.43. The number of nitriles is 1. The monoisotopic (exact) mass is 253 g/mol. The van der Waals surface area contributed by atoms with Crippen molar-refractivity contribution in [3.05, 3.63) is 0 Å². The van der Waals surface area contributed by atoms with Crippen LogP contribution in [0.5, 0.6) is 0 Å². The second-order valence-corrected chi connectivity index (χ2v) is 4.62. The van der Waals surface area contributed by atoms with E-state index in [1.54, 1.807) is 7.11 Å². The molecule has 0 radical (unpaired) electrons. The highest BCUT2D eigenvalue weighted by Gasteiger charge is 2.18. The van der Waals surface area contributed by atoms with Crippen LogP contribution in [0.3, 0.4) is 0 Å². The smallest absolute Gasteiger partial charge is 0.236 e. The Morgan fingerprint density at radius 2 is 2.06 bits per heavy atom. The maximum Gasteiger partial charge on any atom is 0.236 e. The summed E-state index contributed by atoms with van der Waals surface area (Å²) in [4.78, 5) is 16.0. The number of likely N-dealkylation sites (tertiary alicyclic amines) is 1. The van der Waals surface area contributed by atoms with Gasteiger partial charge in [0, 0.05) is 39.7 Å². The molecule has 1 amide bonds. The summed E-state index contributed by atoms with van der Waals surface area (Å²) in [5.41, 5.74) is 0. The van der Waals surface area contributed by atoms with Gasteiger partial charge in [-0.1, -0.05) is 0 Å². The summed E-state index contributed by atoms with van der Waals surface area (Å²) in [5, 5.41) is 8.62. The SMILES string of the molecule is COCCN(CCC#N)CC(=O)N1CCCCC1. The molecule has 1 aliphatic heterocycles. The molecule has 0 saturated carbocycles. The molecule has 0 spiro atoms. The summed E-state index contributed by atoms with van der Waals surface area (Å²) in [6.45, 7) is 4.12. The van der Waals surface area contributed by atoms with Gasteiger partial charge in [-0.15, -0.1) is 0 Å². The standard InChI is InChI=1S/C13H23N3O2/c1-18-11-10-15(7-5-6-14)12-13(17)16-8-3-2-4-9-16/h2-5,7-12H2,1H3. The Bertz CT molecular complexity index is 282. The van der Waals surface area contributed by atoms with Crippen LogP contribution in [-0.2, 0) is 9.53 Å². The summed E-state index contributed by atoms with van der Waals surface area (Å²) in [6.07, 6.45) is 3.91. The molecule has 1 saturated heterocycles. The molecule has 0 N–H and O–H groups in total. The van der Waals surface area contributed by atoms with Gasteiger partial charge in [0.2, 0.25) is 5.91 Å². The molecule has 5 heteroatoms. The first-order valence-electron chi connectivity index (χ1n) is 6.64. The second kappa shape index (κ2) is 8.90. The van der Waals surface area contributed by atoms with Crippen molar-refractivity contribution < 1.29 is 9.53 Å². The molecule has 5 nitrogen and oxygen atoms in total. The van der Waals surface area contributed by atoms with E-state index >= 15 is 0 Å². The lowest BCUT2D eigenvalue weighted by atomic mass is 10.1. The van der Waals surface area contributed by atoms with Crippen LogP contribution in [-0.4, -0.2) is 62.1 Å². The van der Waals surface area contributed by atoms with Crippen LogP contribution in [0, 0.1) is 11.3 Å². The summed E-state index contributed by atoms with van der Waals surface area (Å²) in [5.74, 6) is 0.184. The molecule has 1 heterocycles. The highest BCUT2D eigenvalue weighted by atomic mass is 16.5. The summed E-state index contributed by atoms with van der Waals surface area (Å²) in [7, 11) is 1.65. The summed E-state index contributed by atoms with van der Waals surface area (Å²) in [6, 6.07) is 2.12. The number of amides is 1. The van der Waals surface area contributed by atoms with Gasteiger partial charge in [-0.2, -0.15) is 5.26 Å². The van der Waals surface area contributed by atoms with E-state index in [0.717, 1.165) is 25.9 Å². The van der Waals surface area contributed by atoms with E-state index in [1.807, 2.05) is 9.80 Å². The first-order chi connectivity index (χ1) is 8.77. The van der Waals surface area contributed by atoms with E-state index in [9.17, 15) is 4.79 Å². The third-order valence-corrected chi connectivity index (χ3v) is 3.22. The molecule has 0 unspecified atom stereocenters. The van der Waals surface area contributed by atoms with Crippen molar-refractivity contribution in [2.75, 3.05) is 46.4 Å².